The first-order valence-corrected chi connectivity index (χ1v) is 6.91. The van der Waals surface area contributed by atoms with Crippen molar-refractivity contribution >= 4 is 49.3 Å². The first-order valence-electron chi connectivity index (χ1n) is 5.58. The summed E-state index contributed by atoms with van der Waals surface area (Å²) >= 11 is 11.8. The molecule has 0 heterocycles. The van der Waals surface area contributed by atoms with Gasteiger partial charge in [-0.3, -0.25) is 4.79 Å². The molecule has 2 rings (SSSR count). The molecule has 100 valence electrons. The van der Waals surface area contributed by atoms with Crippen molar-refractivity contribution in [2.75, 3.05) is 5.32 Å². The number of benzene rings is 2. The van der Waals surface area contributed by atoms with Gasteiger partial charge in [-0.2, -0.15) is 5.26 Å². The Bertz CT molecular complexity index is 726. The summed E-state index contributed by atoms with van der Waals surface area (Å²) in [6, 6.07) is 11.9. The number of carbonyl (C=O) groups is 1. The quantitative estimate of drug-likeness (QED) is 0.858. The molecule has 0 aromatic heterocycles. The van der Waals surface area contributed by atoms with Gasteiger partial charge in [0.1, 0.15) is 6.07 Å². The fourth-order valence-corrected chi connectivity index (χ4v) is 2.49. The van der Waals surface area contributed by atoms with Crippen LogP contribution >= 0.6 is 32.4 Å². The average Bonchev–Trinajstić information content (AvgIpc) is 2.38. The highest BCUT2D eigenvalue weighted by molar-refractivity contribution is 7.27. The number of nitriles is 1. The van der Waals surface area contributed by atoms with E-state index >= 15 is 0 Å². The van der Waals surface area contributed by atoms with Crippen LogP contribution in [0.15, 0.2) is 36.4 Å². The van der Waals surface area contributed by atoms with E-state index in [-0.39, 0.29) is 5.02 Å². The van der Waals surface area contributed by atoms with E-state index in [0.717, 1.165) is 0 Å². The van der Waals surface area contributed by atoms with Gasteiger partial charge >= 0.3 is 0 Å². The molecule has 0 saturated heterocycles. The van der Waals surface area contributed by atoms with Crippen LogP contribution in [-0.2, 0) is 0 Å². The lowest BCUT2D eigenvalue weighted by molar-refractivity contribution is 0.102. The van der Waals surface area contributed by atoms with Crippen molar-refractivity contribution in [3.8, 4) is 6.07 Å². The van der Waals surface area contributed by atoms with Gasteiger partial charge in [0.05, 0.1) is 21.8 Å². The zero-order valence-electron chi connectivity index (χ0n) is 10.2. The largest absolute Gasteiger partial charge is 0.321 e. The van der Waals surface area contributed by atoms with Crippen LogP contribution in [0.1, 0.15) is 15.9 Å². The fraction of sp³-hybridized carbons (Fsp3) is 0. The predicted octanol–water partition coefficient (Wildman–Crippen LogP) is 3.62. The molecule has 0 saturated carbocycles. The van der Waals surface area contributed by atoms with Gasteiger partial charge in [0.25, 0.3) is 5.91 Å². The maximum absolute atomic E-state index is 12.2. The Hall–Kier alpha value is -1.59. The molecule has 1 atom stereocenters. The zero-order valence-corrected chi connectivity index (χ0v) is 12.8. The van der Waals surface area contributed by atoms with Gasteiger partial charge < -0.3 is 5.32 Å². The van der Waals surface area contributed by atoms with E-state index in [1.807, 2.05) is 0 Å². The van der Waals surface area contributed by atoms with Gasteiger partial charge in [-0.25, -0.2) is 0 Å². The monoisotopic (exact) mass is 322 g/mol. The highest BCUT2D eigenvalue weighted by Crippen LogP contribution is 2.23. The number of nitrogens with one attached hydrogen (secondary N) is 1. The van der Waals surface area contributed by atoms with E-state index in [1.54, 1.807) is 24.3 Å². The number of carbonyl (C=O) groups excluding carboxylic acids is 1. The van der Waals surface area contributed by atoms with Crippen molar-refractivity contribution in [3.63, 3.8) is 0 Å². The van der Waals surface area contributed by atoms with Crippen LogP contribution in [0.5, 0.6) is 0 Å². The molecule has 0 fully saturated rings. The van der Waals surface area contributed by atoms with E-state index in [2.05, 4.69) is 20.6 Å². The first kappa shape index (κ1) is 14.8. The molecule has 0 aliphatic carbocycles. The number of nitrogens with zero attached hydrogens (tertiary/aromatic N) is 1. The number of amides is 1. The van der Waals surface area contributed by atoms with Crippen LogP contribution in [-0.4, -0.2) is 5.91 Å². The first-order chi connectivity index (χ1) is 9.52. The molecule has 2 aromatic rings. The summed E-state index contributed by atoms with van der Waals surface area (Å²) < 4.78 is 0. The van der Waals surface area contributed by atoms with Gasteiger partial charge in [0.2, 0.25) is 0 Å². The SMILES string of the molecule is N#Cc1c(P)cccc1NC(=O)c1ccc(Cl)cc1Cl. The molecule has 20 heavy (non-hydrogen) atoms. The van der Waals surface area contributed by atoms with Crippen LogP contribution in [0.25, 0.3) is 0 Å². The van der Waals surface area contributed by atoms with Crippen molar-refractivity contribution in [1.29, 1.82) is 5.26 Å². The topological polar surface area (TPSA) is 52.9 Å². The highest BCUT2D eigenvalue weighted by atomic mass is 35.5. The molecule has 3 nitrogen and oxygen atoms in total. The Kier molecular flexibility index (Phi) is 4.62. The molecule has 6 heteroatoms. The van der Waals surface area contributed by atoms with E-state index in [9.17, 15) is 4.79 Å². The smallest absolute Gasteiger partial charge is 0.257 e. The summed E-state index contributed by atoms with van der Waals surface area (Å²) in [5.74, 6) is -0.390. The molecule has 1 N–H and O–H groups in total. The average molecular weight is 323 g/mol. The molecule has 0 aliphatic heterocycles. The fourth-order valence-electron chi connectivity index (χ4n) is 1.66. The maximum Gasteiger partial charge on any atom is 0.257 e. The second-order valence-electron chi connectivity index (χ2n) is 3.96. The third-order valence-corrected chi connectivity index (χ3v) is 3.66. The third-order valence-electron chi connectivity index (χ3n) is 2.63. The van der Waals surface area contributed by atoms with Crippen molar-refractivity contribution in [2.24, 2.45) is 0 Å². The van der Waals surface area contributed by atoms with E-state index in [1.165, 1.54) is 12.1 Å². The van der Waals surface area contributed by atoms with Gasteiger partial charge in [0, 0.05) is 5.02 Å². The van der Waals surface area contributed by atoms with Gasteiger partial charge in [-0.05, 0) is 29.6 Å². The van der Waals surface area contributed by atoms with Gasteiger partial charge in [-0.15, -0.1) is 9.24 Å². The van der Waals surface area contributed by atoms with Crippen molar-refractivity contribution < 1.29 is 4.79 Å². The highest BCUT2D eigenvalue weighted by Gasteiger charge is 2.13. The molecule has 1 amide bonds. The summed E-state index contributed by atoms with van der Waals surface area (Å²) in [5.41, 5.74) is 1.14. The van der Waals surface area contributed by atoms with Crippen LogP contribution in [0.2, 0.25) is 10.0 Å². The summed E-state index contributed by atoms with van der Waals surface area (Å²) in [6.45, 7) is 0. The maximum atomic E-state index is 12.2. The number of anilines is 1. The predicted molar refractivity (Wildman–Crippen MR) is 84.9 cm³/mol. The lowest BCUT2D eigenvalue weighted by atomic mass is 10.1. The molecule has 1 unspecified atom stereocenters. The molecule has 0 spiro atoms. The van der Waals surface area contributed by atoms with Crippen molar-refractivity contribution in [3.05, 3.63) is 57.6 Å². The van der Waals surface area contributed by atoms with Gasteiger partial charge in [0.15, 0.2) is 0 Å². The minimum absolute atomic E-state index is 0.260. The normalized spacial score (nSPS) is 9.90. The van der Waals surface area contributed by atoms with E-state index in [0.29, 0.717) is 27.1 Å². The van der Waals surface area contributed by atoms with Crippen LogP contribution in [0.4, 0.5) is 5.69 Å². The van der Waals surface area contributed by atoms with E-state index in [4.69, 9.17) is 28.5 Å². The Morgan fingerprint density at radius 3 is 2.65 bits per heavy atom. The van der Waals surface area contributed by atoms with Crippen molar-refractivity contribution in [1.82, 2.24) is 0 Å². The summed E-state index contributed by atoms with van der Waals surface area (Å²) in [7, 11) is 2.45. The number of halogens is 2. The summed E-state index contributed by atoms with van der Waals surface area (Å²) in [4.78, 5) is 12.2. The number of hydrogen-bond acceptors (Lipinski definition) is 2. The molecule has 0 bridgehead atoms. The Balaban J connectivity index is 2.33. The van der Waals surface area contributed by atoms with E-state index < -0.39 is 5.91 Å². The van der Waals surface area contributed by atoms with Gasteiger partial charge in [-0.1, -0.05) is 35.3 Å². The van der Waals surface area contributed by atoms with Crippen molar-refractivity contribution in [2.45, 2.75) is 0 Å². The minimum atomic E-state index is -0.390. The minimum Gasteiger partial charge on any atom is -0.321 e. The van der Waals surface area contributed by atoms with Crippen LogP contribution < -0.4 is 10.6 Å². The number of hydrogen-bond donors (Lipinski definition) is 1. The Morgan fingerprint density at radius 1 is 1.25 bits per heavy atom. The molecule has 2 aromatic carbocycles. The molecule has 0 radical (unpaired) electrons. The summed E-state index contributed by atoms with van der Waals surface area (Å²) in [6.07, 6.45) is 0. The standard InChI is InChI=1S/C14H9Cl2N2OP/c15-8-4-5-9(11(16)6-8)14(19)18-12-2-1-3-13(20)10(12)7-17/h1-6H,20H2,(H,18,19). The summed E-state index contributed by atoms with van der Waals surface area (Å²) in [5, 5.41) is 13.2. The number of rotatable bonds is 2. The second kappa shape index (κ2) is 6.24. The molecular weight excluding hydrogens is 314 g/mol. The molecular formula is C14H9Cl2N2OP. The van der Waals surface area contributed by atoms with Crippen LogP contribution in [0.3, 0.4) is 0 Å². The lowest BCUT2D eigenvalue weighted by Crippen LogP contribution is -2.15. The zero-order chi connectivity index (χ0) is 14.7. The Morgan fingerprint density at radius 2 is 2.00 bits per heavy atom. The lowest BCUT2D eigenvalue weighted by Gasteiger charge is -2.09. The van der Waals surface area contributed by atoms with Crippen LogP contribution in [0, 0.1) is 11.3 Å². The third kappa shape index (κ3) is 3.11. The Labute approximate surface area is 128 Å². The molecule has 0 aliphatic rings. The second-order valence-corrected chi connectivity index (χ2v) is 5.43.